The first-order valence-electron chi connectivity index (χ1n) is 13.3. The summed E-state index contributed by atoms with van der Waals surface area (Å²) in [6.45, 7) is 6.34. The van der Waals surface area contributed by atoms with Crippen LogP contribution in [0.5, 0.6) is 0 Å². The van der Waals surface area contributed by atoms with Crippen LogP contribution in [0.4, 0.5) is 5.69 Å². The van der Waals surface area contributed by atoms with Crippen molar-refractivity contribution in [3.05, 3.63) is 109 Å². The number of fused-ring (bicyclic) bond motifs is 1. The minimum atomic E-state index is -0.506. The Bertz CT molecular complexity index is 1580. The van der Waals surface area contributed by atoms with Crippen molar-refractivity contribution in [3.63, 3.8) is 0 Å². The third-order valence-electron chi connectivity index (χ3n) is 6.89. The summed E-state index contributed by atoms with van der Waals surface area (Å²) in [5.41, 5.74) is 3.41. The largest absolute Gasteiger partial charge is 0.361 e. The van der Waals surface area contributed by atoms with Crippen molar-refractivity contribution in [2.45, 2.75) is 33.7 Å². The summed E-state index contributed by atoms with van der Waals surface area (Å²) in [6, 6.07) is 17.6. The van der Waals surface area contributed by atoms with E-state index in [1.807, 2.05) is 50.4 Å². The third kappa shape index (κ3) is 7.45. The molecule has 2 amide bonds. The summed E-state index contributed by atoms with van der Waals surface area (Å²) in [6.07, 6.45) is 2.55. The number of para-hydroxylation sites is 1. The number of carbonyl (C=O) groups excluding carboxylic acids is 2. The molecule has 4 rings (SSSR count). The van der Waals surface area contributed by atoms with Crippen LogP contribution in [-0.2, 0) is 17.8 Å². The van der Waals surface area contributed by atoms with Crippen LogP contribution in [0.2, 0.25) is 10.0 Å². The van der Waals surface area contributed by atoms with Gasteiger partial charge in [0.1, 0.15) is 6.54 Å². The summed E-state index contributed by atoms with van der Waals surface area (Å²) < 4.78 is 0. The van der Waals surface area contributed by atoms with Crippen molar-refractivity contribution in [3.8, 4) is 0 Å². The number of nitro groups is 1. The van der Waals surface area contributed by atoms with Crippen molar-refractivity contribution in [2.24, 2.45) is 5.92 Å². The Labute approximate surface area is 249 Å². The number of benzene rings is 3. The SMILES string of the molecule is Cc1ccc(C(=O)N(CC(=O)N(CCc2c[nH]c3ccccc23)Cc2ccc(Cl)c(Cl)c2)CC(C)C)cc1[N+](=O)[O-]. The third-order valence-corrected chi connectivity index (χ3v) is 7.63. The molecule has 0 aliphatic rings. The topological polar surface area (TPSA) is 99.6 Å². The van der Waals surface area contributed by atoms with E-state index in [2.05, 4.69) is 4.98 Å². The van der Waals surface area contributed by atoms with E-state index in [4.69, 9.17) is 23.2 Å². The normalized spacial score (nSPS) is 11.2. The lowest BCUT2D eigenvalue weighted by atomic mass is 10.1. The molecule has 0 aliphatic heterocycles. The minimum absolute atomic E-state index is 0.0712. The van der Waals surface area contributed by atoms with Gasteiger partial charge in [-0.3, -0.25) is 19.7 Å². The first-order chi connectivity index (χ1) is 19.5. The van der Waals surface area contributed by atoms with Gasteiger partial charge in [-0.15, -0.1) is 0 Å². The second-order valence-electron chi connectivity index (χ2n) is 10.5. The van der Waals surface area contributed by atoms with Gasteiger partial charge in [-0.05, 0) is 54.7 Å². The summed E-state index contributed by atoms with van der Waals surface area (Å²) in [5.74, 6) is -0.602. The van der Waals surface area contributed by atoms with E-state index in [1.54, 1.807) is 36.1 Å². The standard InChI is InChI=1S/C31H32Cl2N4O4/c1-20(2)17-36(31(39)23-10-8-21(3)29(15-23)37(40)41)19-30(38)35(18-22-9-11-26(32)27(33)14-22)13-12-24-16-34-28-7-5-4-6-25(24)28/h4-11,14-16,20,34H,12-13,17-19H2,1-3H3. The van der Waals surface area contributed by atoms with E-state index in [9.17, 15) is 19.7 Å². The number of halogens is 2. The Balaban J connectivity index is 1.60. The number of nitro benzene ring substituents is 1. The van der Waals surface area contributed by atoms with Gasteiger partial charge in [-0.2, -0.15) is 0 Å². The van der Waals surface area contributed by atoms with Crippen molar-refractivity contribution < 1.29 is 14.5 Å². The molecule has 0 radical (unpaired) electrons. The molecule has 0 spiro atoms. The highest BCUT2D eigenvalue weighted by Crippen LogP contribution is 2.25. The van der Waals surface area contributed by atoms with Crippen LogP contribution in [0.3, 0.4) is 0 Å². The maximum absolute atomic E-state index is 13.8. The molecule has 0 bridgehead atoms. The highest BCUT2D eigenvalue weighted by molar-refractivity contribution is 6.42. The first kappa shape index (κ1) is 30.1. The van der Waals surface area contributed by atoms with Gasteiger partial charge in [0, 0.05) is 53.9 Å². The van der Waals surface area contributed by atoms with Crippen LogP contribution in [0, 0.1) is 23.0 Å². The molecule has 1 heterocycles. The smallest absolute Gasteiger partial charge is 0.273 e. The van der Waals surface area contributed by atoms with Gasteiger partial charge in [0.15, 0.2) is 0 Å². The van der Waals surface area contributed by atoms with Crippen molar-refractivity contribution in [1.29, 1.82) is 0 Å². The average Bonchev–Trinajstić information content (AvgIpc) is 3.35. The van der Waals surface area contributed by atoms with Crippen LogP contribution in [-0.4, -0.2) is 51.2 Å². The fourth-order valence-electron chi connectivity index (χ4n) is 4.79. The molecule has 10 heteroatoms. The molecule has 41 heavy (non-hydrogen) atoms. The van der Waals surface area contributed by atoms with Gasteiger partial charge in [-0.25, -0.2) is 0 Å². The molecular weight excluding hydrogens is 563 g/mol. The van der Waals surface area contributed by atoms with E-state index in [-0.39, 0.29) is 36.2 Å². The molecule has 0 unspecified atom stereocenters. The molecule has 1 aromatic heterocycles. The van der Waals surface area contributed by atoms with Gasteiger partial charge in [0.05, 0.1) is 15.0 Å². The summed E-state index contributed by atoms with van der Waals surface area (Å²) in [5, 5.41) is 13.4. The monoisotopic (exact) mass is 594 g/mol. The number of aryl methyl sites for hydroxylation is 1. The lowest BCUT2D eigenvalue weighted by molar-refractivity contribution is -0.385. The minimum Gasteiger partial charge on any atom is -0.361 e. The second-order valence-corrected chi connectivity index (χ2v) is 11.3. The van der Waals surface area contributed by atoms with Crippen molar-refractivity contribution >= 4 is 51.6 Å². The molecule has 0 atom stereocenters. The van der Waals surface area contributed by atoms with Crippen LogP contribution in [0.25, 0.3) is 10.9 Å². The number of rotatable bonds is 11. The molecule has 3 aromatic carbocycles. The van der Waals surface area contributed by atoms with E-state index in [0.717, 1.165) is 22.0 Å². The molecule has 1 N–H and O–H groups in total. The summed E-state index contributed by atoms with van der Waals surface area (Å²) in [7, 11) is 0. The predicted octanol–water partition coefficient (Wildman–Crippen LogP) is 7.06. The van der Waals surface area contributed by atoms with Crippen LogP contribution >= 0.6 is 23.2 Å². The van der Waals surface area contributed by atoms with E-state index < -0.39 is 10.8 Å². The first-order valence-corrected chi connectivity index (χ1v) is 14.1. The number of aromatic amines is 1. The van der Waals surface area contributed by atoms with Crippen molar-refractivity contribution in [1.82, 2.24) is 14.8 Å². The quantitative estimate of drug-likeness (QED) is 0.148. The number of carbonyl (C=O) groups is 2. The highest BCUT2D eigenvalue weighted by Gasteiger charge is 2.25. The Morgan fingerprint density at radius 1 is 1.00 bits per heavy atom. The zero-order valence-corrected chi connectivity index (χ0v) is 24.7. The average molecular weight is 596 g/mol. The molecule has 214 valence electrons. The molecule has 0 aliphatic carbocycles. The number of nitrogens with zero attached hydrogens (tertiary/aromatic N) is 3. The fourth-order valence-corrected chi connectivity index (χ4v) is 5.11. The number of hydrogen-bond acceptors (Lipinski definition) is 4. The van der Waals surface area contributed by atoms with E-state index in [1.165, 1.54) is 11.0 Å². The van der Waals surface area contributed by atoms with Gasteiger partial charge in [0.2, 0.25) is 5.91 Å². The van der Waals surface area contributed by atoms with Gasteiger partial charge in [-0.1, -0.05) is 67.4 Å². The summed E-state index contributed by atoms with van der Waals surface area (Å²) >= 11 is 12.4. The Morgan fingerprint density at radius 2 is 1.76 bits per heavy atom. The zero-order valence-electron chi connectivity index (χ0n) is 23.2. The number of H-pyrrole nitrogens is 1. The zero-order chi connectivity index (χ0) is 29.7. The Hall–Kier alpha value is -3.88. The van der Waals surface area contributed by atoms with Gasteiger partial charge >= 0.3 is 0 Å². The molecule has 4 aromatic rings. The van der Waals surface area contributed by atoms with Crippen LogP contribution in [0.15, 0.2) is 66.9 Å². The van der Waals surface area contributed by atoms with Crippen LogP contribution in [0.1, 0.15) is 40.9 Å². The van der Waals surface area contributed by atoms with Gasteiger partial charge < -0.3 is 14.8 Å². The maximum atomic E-state index is 13.8. The number of amides is 2. The van der Waals surface area contributed by atoms with Crippen molar-refractivity contribution in [2.75, 3.05) is 19.6 Å². The Morgan fingerprint density at radius 3 is 2.46 bits per heavy atom. The highest BCUT2D eigenvalue weighted by atomic mass is 35.5. The van der Waals surface area contributed by atoms with E-state index >= 15 is 0 Å². The molecule has 0 saturated heterocycles. The maximum Gasteiger partial charge on any atom is 0.273 e. The van der Waals surface area contributed by atoms with Gasteiger partial charge in [0.25, 0.3) is 11.6 Å². The lowest BCUT2D eigenvalue weighted by Crippen LogP contribution is -2.44. The number of nitrogens with one attached hydrogen (secondary N) is 1. The molecular formula is C31H32Cl2N4O4. The lowest BCUT2D eigenvalue weighted by Gasteiger charge is -2.29. The number of aromatic nitrogens is 1. The van der Waals surface area contributed by atoms with Crippen LogP contribution < -0.4 is 0 Å². The number of hydrogen-bond donors (Lipinski definition) is 1. The fraction of sp³-hybridized carbons (Fsp3) is 0.290. The van der Waals surface area contributed by atoms with E-state index in [0.29, 0.717) is 35.1 Å². The molecule has 8 nitrogen and oxygen atoms in total. The predicted molar refractivity (Wildman–Crippen MR) is 162 cm³/mol. The Kier molecular flexibility index (Phi) is 9.68. The summed E-state index contributed by atoms with van der Waals surface area (Å²) in [4.78, 5) is 44.8. The second kappa shape index (κ2) is 13.2. The molecule has 0 saturated carbocycles. The molecule has 0 fully saturated rings.